The lowest BCUT2D eigenvalue weighted by Crippen LogP contribution is -2.30. The van der Waals surface area contributed by atoms with Gasteiger partial charge in [0.2, 0.25) is 0 Å². The second-order valence-electron chi connectivity index (χ2n) is 7.71. The number of nitro benzene ring substituents is 1. The minimum Gasteiger partial charge on any atom is -0.496 e. The third-order valence-corrected chi connectivity index (χ3v) is 6.34. The van der Waals surface area contributed by atoms with E-state index >= 15 is 0 Å². The number of ether oxygens (including phenoxy) is 2. The zero-order valence-electron chi connectivity index (χ0n) is 16.8. The molecule has 1 N–H and O–H groups in total. The van der Waals surface area contributed by atoms with Gasteiger partial charge in [0.15, 0.2) is 0 Å². The molecule has 0 saturated heterocycles. The number of nitro groups is 1. The number of methoxy groups -OCH3 is 2. The number of fused-ring (bicyclic) bond motifs is 4. The number of anilines is 1. The van der Waals surface area contributed by atoms with E-state index in [1.54, 1.807) is 26.4 Å². The monoisotopic (exact) mass is 402 g/mol. The van der Waals surface area contributed by atoms with Crippen LogP contribution in [0.3, 0.4) is 0 Å². The van der Waals surface area contributed by atoms with Crippen molar-refractivity contribution in [2.45, 2.75) is 18.4 Å². The van der Waals surface area contributed by atoms with E-state index in [9.17, 15) is 10.1 Å². The summed E-state index contributed by atoms with van der Waals surface area (Å²) in [5.74, 6) is 1.50. The first kappa shape index (κ1) is 18.5. The van der Waals surface area contributed by atoms with Gasteiger partial charge in [0.05, 0.1) is 36.4 Å². The summed E-state index contributed by atoms with van der Waals surface area (Å²) in [5, 5.41) is 17.6. The van der Waals surface area contributed by atoms with Gasteiger partial charge in [-0.05, 0) is 35.2 Å². The SMILES string of the molecule is COc1ccc([N+](=O)[O-])c2c1NC(c1c(OC)ccc3ccccc13)C1CC=CC21. The fourth-order valence-corrected chi connectivity index (χ4v) is 5.05. The first-order valence-electron chi connectivity index (χ1n) is 9.98. The Morgan fingerprint density at radius 2 is 1.77 bits per heavy atom. The average Bonchev–Trinajstić information content (AvgIpc) is 3.27. The molecule has 0 bridgehead atoms. The van der Waals surface area contributed by atoms with Crippen LogP contribution >= 0.6 is 0 Å². The zero-order chi connectivity index (χ0) is 20.8. The fourth-order valence-electron chi connectivity index (χ4n) is 5.05. The lowest BCUT2D eigenvalue weighted by Gasteiger charge is -2.38. The Kier molecular flexibility index (Phi) is 4.35. The smallest absolute Gasteiger partial charge is 0.275 e. The molecule has 1 aliphatic heterocycles. The van der Waals surface area contributed by atoms with Crippen molar-refractivity contribution >= 4 is 22.1 Å². The molecule has 0 aromatic heterocycles. The molecular formula is C24H22N2O4. The molecule has 0 saturated carbocycles. The van der Waals surface area contributed by atoms with E-state index in [0.29, 0.717) is 17.0 Å². The van der Waals surface area contributed by atoms with Gasteiger partial charge in [-0.1, -0.05) is 42.5 Å². The minimum atomic E-state index is -0.304. The van der Waals surface area contributed by atoms with Crippen LogP contribution in [-0.2, 0) is 0 Å². The Balaban J connectivity index is 1.76. The number of hydrogen-bond acceptors (Lipinski definition) is 5. The highest BCUT2D eigenvalue weighted by Crippen LogP contribution is 2.56. The summed E-state index contributed by atoms with van der Waals surface area (Å²) in [7, 11) is 3.27. The Bertz CT molecular complexity index is 1190. The lowest BCUT2D eigenvalue weighted by molar-refractivity contribution is -0.385. The van der Waals surface area contributed by atoms with Crippen LogP contribution in [0.4, 0.5) is 11.4 Å². The Morgan fingerprint density at radius 3 is 2.53 bits per heavy atom. The highest BCUT2D eigenvalue weighted by molar-refractivity contribution is 5.89. The molecule has 1 aliphatic carbocycles. The number of rotatable bonds is 4. The molecule has 0 spiro atoms. The maximum Gasteiger partial charge on any atom is 0.275 e. The number of nitrogens with zero attached hydrogens (tertiary/aromatic N) is 1. The predicted octanol–water partition coefficient (Wildman–Crippen LogP) is 5.59. The summed E-state index contributed by atoms with van der Waals surface area (Å²) in [4.78, 5) is 11.5. The molecule has 0 radical (unpaired) electrons. The molecule has 3 aromatic carbocycles. The third-order valence-electron chi connectivity index (χ3n) is 6.34. The maximum absolute atomic E-state index is 11.8. The highest BCUT2D eigenvalue weighted by Gasteiger charge is 2.44. The number of hydrogen-bond donors (Lipinski definition) is 1. The Labute approximate surface area is 174 Å². The first-order valence-corrected chi connectivity index (χ1v) is 9.98. The van der Waals surface area contributed by atoms with Gasteiger partial charge in [-0.3, -0.25) is 10.1 Å². The minimum absolute atomic E-state index is 0.0644. The van der Waals surface area contributed by atoms with Gasteiger partial charge < -0.3 is 14.8 Å². The molecule has 1 heterocycles. The summed E-state index contributed by atoms with van der Waals surface area (Å²) in [6, 6.07) is 15.4. The summed E-state index contributed by atoms with van der Waals surface area (Å²) >= 11 is 0. The quantitative estimate of drug-likeness (QED) is 0.350. The molecule has 2 aliphatic rings. The highest BCUT2D eigenvalue weighted by atomic mass is 16.6. The van der Waals surface area contributed by atoms with E-state index in [4.69, 9.17) is 9.47 Å². The van der Waals surface area contributed by atoms with E-state index in [1.807, 2.05) is 18.2 Å². The lowest BCUT2D eigenvalue weighted by atomic mass is 9.75. The number of allylic oxidation sites excluding steroid dienone is 2. The van der Waals surface area contributed by atoms with Gasteiger partial charge in [-0.15, -0.1) is 0 Å². The average molecular weight is 402 g/mol. The zero-order valence-corrected chi connectivity index (χ0v) is 16.8. The molecule has 3 unspecified atom stereocenters. The van der Waals surface area contributed by atoms with Crippen LogP contribution in [0.2, 0.25) is 0 Å². The summed E-state index contributed by atoms with van der Waals surface area (Å²) in [6.07, 6.45) is 5.06. The van der Waals surface area contributed by atoms with Crippen molar-refractivity contribution in [3.05, 3.63) is 81.9 Å². The fraction of sp³-hybridized carbons (Fsp3) is 0.250. The summed E-state index contributed by atoms with van der Waals surface area (Å²) < 4.78 is 11.3. The van der Waals surface area contributed by atoms with E-state index in [1.165, 1.54) is 0 Å². The van der Waals surface area contributed by atoms with Crippen molar-refractivity contribution in [1.82, 2.24) is 0 Å². The molecule has 6 nitrogen and oxygen atoms in total. The third kappa shape index (κ3) is 2.64. The van der Waals surface area contributed by atoms with Crippen molar-refractivity contribution < 1.29 is 14.4 Å². The van der Waals surface area contributed by atoms with Crippen molar-refractivity contribution in [3.63, 3.8) is 0 Å². The van der Waals surface area contributed by atoms with Crippen LogP contribution in [0.15, 0.2) is 60.7 Å². The van der Waals surface area contributed by atoms with E-state index < -0.39 is 0 Å². The van der Waals surface area contributed by atoms with Gasteiger partial charge in [0.1, 0.15) is 11.5 Å². The van der Waals surface area contributed by atoms with Gasteiger partial charge in [-0.25, -0.2) is 0 Å². The first-order chi connectivity index (χ1) is 14.6. The van der Waals surface area contributed by atoms with Crippen LogP contribution in [0.25, 0.3) is 10.8 Å². The van der Waals surface area contributed by atoms with Gasteiger partial charge in [-0.2, -0.15) is 0 Å². The van der Waals surface area contributed by atoms with Gasteiger partial charge in [0.25, 0.3) is 5.69 Å². The normalized spacial score (nSPS) is 21.6. The molecule has 30 heavy (non-hydrogen) atoms. The largest absolute Gasteiger partial charge is 0.496 e. The van der Waals surface area contributed by atoms with E-state index in [2.05, 4.69) is 35.7 Å². The standard InChI is InChI=1S/C24H22N2O4/c1-29-19-12-10-14-6-3-4-7-15(14)22(19)23-17-9-5-8-16(17)21-18(26(27)28)11-13-20(30-2)24(21)25-23/h3-8,10-13,16-17,23,25H,9H2,1-2H3. The molecule has 0 amide bonds. The van der Waals surface area contributed by atoms with Crippen LogP contribution < -0.4 is 14.8 Å². The van der Waals surface area contributed by atoms with Crippen LogP contribution in [0, 0.1) is 16.0 Å². The van der Waals surface area contributed by atoms with E-state index in [0.717, 1.165) is 28.5 Å². The second kappa shape index (κ2) is 7.06. The number of benzene rings is 3. The number of nitrogens with one attached hydrogen (secondary N) is 1. The van der Waals surface area contributed by atoms with Gasteiger partial charge >= 0.3 is 0 Å². The Hall–Kier alpha value is -3.54. The molecule has 3 atom stereocenters. The van der Waals surface area contributed by atoms with Crippen molar-refractivity contribution in [3.8, 4) is 11.5 Å². The maximum atomic E-state index is 11.8. The van der Waals surface area contributed by atoms with Crippen molar-refractivity contribution in [1.29, 1.82) is 0 Å². The van der Waals surface area contributed by atoms with E-state index in [-0.39, 0.29) is 28.5 Å². The van der Waals surface area contributed by atoms with Crippen LogP contribution in [-0.4, -0.2) is 19.1 Å². The van der Waals surface area contributed by atoms with Crippen LogP contribution in [0.1, 0.15) is 29.5 Å². The molecule has 5 rings (SSSR count). The Morgan fingerprint density at radius 1 is 1.00 bits per heavy atom. The van der Waals surface area contributed by atoms with Crippen molar-refractivity contribution in [2.24, 2.45) is 5.92 Å². The summed E-state index contributed by atoms with van der Waals surface area (Å²) in [5.41, 5.74) is 2.60. The molecule has 0 fully saturated rings. The molecule has 3 aromatic rings. The van der Waals surface area contributed by atoms with Crippen LogP contribution in [0.5, 0.6) is 11.5 Å². The molecule has 152 valence electrons. The second-order valence-corrected chi connectivity index (χ2v) is 7.71. The molecular weight excluding hydrogens is 380 g/mol. The van der Waals surface area contributed by atoms with Gasteiger partial charge in [0, 0.05) is 17.5 Å². The van der Waals surface area contributed by atoms with Crippen molar-refractivity contribution in [2.75, 3.05) is 19.5 Å². The topological polar surface area (TPSA) is 73.6 Å². The summed E-state index contributed by atoms with van der Waals surface area (Å²) in [6.45, 7) is 0. The predicted molar refractivity (Wildman–Crippen MR) is 117 cm³/mol. The molecule has 6 heteroatoms.